The molecule has 2 N–H and O–H groups in total. The lowest BCUT2D eigenvalue weighted by atomic mass is 9.65. The highest BCUT2D eigenvalue weighted by Gasteiger charge is 2.47. The Bertz CT molecular complexity index is 1100. The molecule has 0 bridgehead atoms. The first kappa shape index (κ1) is 18.4. The number of aliphatic carboxylic acids is 1. The first-order valence-corrected chi connectivity index (χ1v) is 10.9. The van der Waals surface area contributed by atoms with E-state index in [0.29, 0.717) is 12.8 Å². The van der Waals surface area contributed by atoms with E-state index in [4.69, 9.17) is 0 Å². The van der Waals surface area contributed by atoms with E-state index < -0.39 is 5.97 Å². The van der Waals surface area contributed by atoms with Crippen LogP contribution in [0.2, 0.25) is 0 Å². The molecular formula is C25H22BrNO2. The van der Waals surface area contributed by atoms with Crippen molar-refractivity contribution < 1.29 is 9.90 Å². The van der Waals surface area contributed by atoms with E-state index in [1.54, 1.807) is 0 Å². The summed E-state index contributed by atoms with van der Waals surface area (Å²) >= 11 is 3.56. The molecule has 4 heteroatoms. The fraction of sp³-hybridized carbons (Fsp3) is 0.240. The van der Waals surface area contributed by atoms with Crippen LogP contribution in [-0.2, 0) is 10.2 Å². The number of hydrogen-bond donors (Lipinski definition) is 2. The summed E-state index contributed by atoms with van der Waals surface area (Å²) in [6.45, 7) is 0. The fourth-order valence-electron chi connectivity index (χ4n) is 5.27. The van der Waals surface area contributed by atoms with Crippen LogP contribution in [0.5, 0.6) is 0 Å². The molecule has 0 radical (unpaired) electrons. The molecule has 1 saturated carbocycles. The number of carbonyl (C=O) groups is 1. The molecule has 29 heavy (non-hydrogen) atoms. The molecule has 1 spiro atoms. The quantitative estimate of drug-likeness (QED) is 0.467. The average Bonchev–Trinajstić information content (AvgIpc) is 3.00. The van der Waals surface area contributed by atoms with Crippen LogP contribution in [0.1, 0.15) is 36.8 Å². The van der Waals surface area contributed by atoms with Crippen molar-refractivity contribution in [3.8, 4) is 11.1 Å². The third-order valence-corrected chi connectivity index (χ3v) is 7.06. The summed E-state index contributed by atoms with van der Waals surface area (Å²) in [4.78, 5) is 11.6. The van der Waals surface area contributed by atoms with Gasteiger partial charge >= 0.3 is 5.97 Å². The first-order chi connectivity index (χ1) is 14.1. The largest absolute Gasteiger partial charge is 0.481 e. The molecule has 2 aliphatic rings. The van der Waals surface area contributed by atoms with Crippen molar-refractivity contribution in [2.75, 3.05) is 5.32 Å². The zero-order valence-electron chi connectivity index (χ0n) is 16.0. The van der Waals surface area contributed by atoms with Gasteiger partial charge in [-0.15, -0.1) is 0 Å². The number of nitrogens with one attached hydrogen (secondary N) is 1. The molecule has 0 amide bonds. The van der Waals surface area contributed by atoms with Crippen LogP contribution in [0.25, 0.3) is 11.1 Å². The third-order valence-electron chi connectivity index (χ3n) is 6.57. The number of benzene rings is 3. The molecule has 0 aliphatic heterocycles. The van der Waals surface area contributed by atoms with Gasteiger partial charge in [0.2, 0.25) is 0 Å². The number of carboxylic acid groups (broad SMARTS) is 1. The van der Waals surface area contributed by atoms with Crippen LogP contribution in [0.15, 0.2) is 71.2 Å². The molecule has 0 unspecified atom stereocenters. The number of halogens is 1. The van der Waals surface area contributed by atoms with Gasteiger partial charge in [0.05, 0.1) is 5.92 Å². The molecular weight excluding hydrogens is 426 g/mol. The van der Waals surface area contributed by atoms with E-state index >= 15 is 0 Å². The highest BCUT2D eigenvalue weighted by molar-refractivity contribution is 9.10. The standard InChI is InChI=1S/C25H22BrNO2/c26-17-5-3-6-18(15-17)27-22-10-4-8-20-19-7-1-2-9-21(19)25(23(20)22)13-11-16(12-14-25)24(28)29/h1-10,15-16,27H,11-14H2,(H,28,29). The number of fused-ring (bicyclic) bond motifs is 5. The van der Waals surface area contributed by atoms with E-state index in [-0.39, 0.29) is 11.3 Å². The van der Waals surface area contributed by atoms with Crippen molar-refractivity contribution >= 4 is 33.3 Å². The van der Waals surface area contributed by atoms with Crippen molar-refractivity contribution in [2.45, 2.75) is 31.1 Å². The topological polar surface area (TPSA) is 49.3 Å². The highest BCUT2D eigenvalue weighted by atomic mass is 79.9. The van der Waals surface area contributed by atoms with Crippen molar-refractivity contribution in [3.05, 3.63) is 82.3 Å². The highest BCUT2D eigenvalue weighted by Crippen LogP contribution is 2.58. The Hall–Kier alpha value is -2.59. The van der Waals surface area contributed by atoms with Gasteiger partial charge in [-0.2, -0.15) is 0 Å². The average molecular weight is 448 g/mol. The molecule has 3 aromatic carbocycles. The SMILES string of the molecule is O=C(O)C1CCC2(CC1)c1ccccc1-c1cccc(Nc3cccc(Br)c3)c12. The smallest absolute Gasteiger partial charge is 0.306 e. The second-order valence-corrected chi connectivity index (χ2v) is 9.02. The monoisotopic (exact) mass is 447 g/mol. The van der Waals surface area contributed by atoms with Crippen LogP contribution in [-0.4, -0.2) is 11.1 Å². The Morgan fingerprint density at radius 1 is 0.966 bits per heavy atom. The van der Waals surface area contributed by atoms with Crippen LogP contribution in [0.4, 0.5) is 11.4 Å². The Morgan fingerprint density at radius 2 is 1.69 bits per heavy atom. The lowest BCUT2D eigenvalue weighted by Crippen LogP contribution is -2.34. The molecule has 0 saturated heterocycles. The lowest BCUT2D eigenvalue weighted by Gasteiger charge is -2.39. The maximum atomic E-state index is 11.6. The van der Waals surface area contributed by atoms with Gasteiger partial charge in [0.25, 0.3) is 0 Å². The van der Waals surface area contributed by atoms with Crippen molar-refractivity contribution in [2.24, 2.45) is 5.92 Å². The first-order valence-electron chi connectivity index (χ1n) is 10.1. The van der Waals surface area contributed by atoms with Gasteiger partial charge in [0.15, 0.2) is 0 Å². The summed E-state index contributed by atoms with van der Waals surface area (Å²) in [5.74, 6) is -0.895. The summed E-state index contributed by atoms with van der Waals surface area (Å²) in [6, 6.07) is 23.3. The predicted molar refractivity (Wildman–Crippen MR) is 120 cm³/mol. The van der Waals surface area contributed by atoms with E-state index in [0.717, 1.165) is 28.7 Å². The van der Waals surface area contributed by atoms with Gasteiger partial charge in [-0.3, -0.25) is 4.79 Å². The maximum absolute atomic E-state index is 11.6. The zero-order chi connectivity index (χ0) is 20.0. The summed E-state index contributed by atoms with van der Waals surface area (Å²) in [7, 11) is 0. The number of carboxylic acids is 1. The van der Waals surface area contributed by atoms with Crippen molar-refractivity contribution in [1.82, 2.24) is 0 Å². The Kier molecular flexibility index (Phi) is 4.47. The van der Waals surface area contributed by atoms with E-state index in [2.05, 4.69) is 75.8 Å². The van der Waals surface area contributed by atoms with Crippen LogP contribution >= 0.6 is 15.9 Å². The number of rotatable bonds is 3. The van der Waals surface area contributed by atoms with Crippen LogP contribution in [0.3, 0.4) is 0 Å². The van der Waals surface area contributed by atoms with Crippen molar-refractivity contribution in [1.29, 1.82) is 0 Å². The van der Waals surface area contributed by atoms with E-state index in [9.17, 15) is 9.90 Å². The molecule has 146 valence electrons. The predicted octanol–water partition coefficient (Wildman–Crippen LogP) is 6.73. The van der Waals surface area contributed by atoms with Crippen molar-refractivity contribution in [3.63, 3.8) is 0 Å². The summed E-state index contributed by atoms with van der Waals surface area (Å²) in [5.41, 5.74) is 7.27. The molecule has 0 heterocycles. The Morgan fingerprint density at radius 3 is 2.45 bits per heavy atom. The van der Waals surface area contributed by atoms with Gasteiger partial charge in [0, 0.05) is 21.3 Å². The Balaban J connectivity index is 1.64. The maximum Gasteiger partial charge on any atom is 0.306 e. The molecule has 3 nitrogen and oxygen atoms in total. The van der Waals surface area contributed by atoms with Crippen LogP contribution < -0.4 is 5.32 Å². The minimum absolute atomic E-state index is 0.118. The molecule has 0 atom stereocenters. The lowest BCUT2D eigenvalue weighted by molar-refractivity contribution is -0.143. The molecule has 3 aromatic rings. The van der Waals surface area contributed by atoms with Gasteiger partial charge in [-0.05, 0) is 72.2 Å². The molecule has 1 fully saturated rings. The second-order valence-electron chi connectivity index (χ2n) is 8.10. The fourth-order valence-corrected chi connectivity index (χ4v) is 5.66. The minimum atomic E-state index is -0.660. The normalized spacial score (nSPS) is 22.2. The minimum Gasteiger partial charge on any atom is -0.481 e. The van der Waals surface area contributed by atoms with Gasteiger partial charge in [0.1, 0.15) is 0 Å². The summed E-state index contributed by atoms with van der Waals surface area (Å²) in [5, 5.41) is 13.2. The zero-order valence-corrected chi connectivity index (χ0v) is 17.6. The third kappa shape index (κ3) is 2.98. The van der Waals surface area contributed by atoms with Gasteiger partial charge in [-0.25, -0.2) is 0 Å². The van der Waals surface area contributed by atoms with Gasteiger partial charge < -0.3 is 10.4 Å². The Labute approximate surface area is 178 Å². The van der Waals surface area contributed by atoms with E-state index in [1.165, 1.54) is 22.3 Å². The van der Waals surface area contributed by atoms with E-state index in [1.807, 2.05) is 12.1 Å². The number of anilines is 2. The molecule has 0 aromatic heterocycles. The molecule has 2 aliphatic carbocycles. The molecule has 5 rings (SSSR count). The van der Waals surface area contributed by atoms with Gasteiger partial charge in [-0.1, -0.05) is 58.4 Å². The second kappa shape index (κ2) is 7.03. The number of hydrogen-bond acceptors (Lipinski definition) is 2. The summed E-state index contributed by atoms with van der Waals surface area (Å²) < 4.78 is 1.04. The van der Waals surface area contributed by atoms with Crippen LogP contribution in [0, 0.1) is 5.92 Å². The summed E-state index contributed by atoms with van der Waals surface area (Å²) in [6.07, 6.45) is 3.17.